The van der Waals surface area contributed by atoms with Crippen LogP contribution in [0, 0.1) is 6.92 Å². The molecule has 0 spiro atoms. The Morgan fingerprint density at radius 3 is 2.55 bits per heavy atom. The van der Waals surface area contributed by atoms with E-state index in [0.717, 1.165) is 0 Å². The Balaban J connectivity index is 1.31. The lowest BCUT2D eigenvalue weighted by atomic mass is 10.3. The van der Waals surface area contributed by atoms with Gasteiger partial charge in [-0.15, -0.1) is 0 Å². The second-order valence-corrected chi connectivity index (χ2v) is 8.78. The summed E-state index contributed by atoms with van der Waals surface area (Å²) in [5.74, 6) is 2.87. The zero-order valence-corrected chi connectivity index (χ0v) is 18.3. The van der Waals surface area contributed by atoms with Gasteiger partial charge in [-0.1, -0.05) is 0 Å². The van der Waals surface area contributed by atoms with Crippen LogP contribution in [0.15, 0.2) is 71.9 Å². The van der Waals surface area contributed by atoms with Crippen molar-refractivity contribution in [3.8, 4) is 28.9 Å². The molecule has 1 N–H and O–H groups in total. The van der Waals surface area contributed by atoms with Crippen molar-refractivity contribution in [3.05, 3.63) is 72.8 Å². The molecule has 11 heteroatoms. The summed E-state index contributed by atoms with van der Waals surface area (Å²) in [5, 5.41) is 4.16. The van der Waals surface area contributed by atoms with Crippen LogP contribution < -0.4 is 18.9 Å². The minimum absolute atomic E-state index is 0.0784. The number of hydrogen-bond donors (Lipinski definition) is 1. The monoisotopic (exact) mass is 465 g/mol. The van der Waals surface area contributed by atoms with Gasteiger partial charge in [-0.2, -0.15) is 10.1 Å². The molecule has 5 rings (SSSR count). The molecule has 2 aromatic heterocycles. The molecule has 2 aromatic carbocycles. The Morgan fingerprint density at radius 1 is 1.00 bits per heavy atom. The topological polar surface area (TPSA) is 117 Å². The van der Waals surface area contributed by atoms with Crippen molar-refractivity contribution >= 4 is 15.7 Å². The fourth-order valence-corrected chi connectivity index (χ4v) is 4.29. The third-order valence-electron chi connectivity index (χ3n) is 4.69. The van der Waals surface area contributed by atoms with Gasteiger partial charge in [0.15, 0.2) is 17.3 Å². The summed E-state index contributed by atoms with van der Waals surface area (Å²) < 4.78 is 46.5. The second kappa shape index (κ2) is 8.43. The highest BCUT2D eigenvalue weighted by atomic mass is 32.2. The maximum Gasteiger partial charge on any atom is 0.262 e. The first-order valence-electron chi connectivity index (χ1n) is 10.0. The van der Waals surface area contributed by atoms with Crippen LogP contribution in [0.25, 0.3) is 5.82 Å². The molecule has 0 saturated heterocycles. The average Bonchev–Trinajstić information content (AvgIpc) is 3.35. The fourth-order valence-electron chi connectivity index (χ4n) is 3.22. The predicted octanol–water partition coefficient (Wildman–Crippen LogP) is 3.34. The SMILES string of the molecule is Cc1nc(Oc2ccc(NS(=O)(=O)c3ccc4c(c3)OCCO4)cc2)cc(-n2cccn2)n1. The number of hydrogen-bond acceptors (Lipinski definition) is 8. The molecule has 4 aromatic rings. The molecule has 0 fully saturated rings. The van der Waals surface area contributed by atoms with Gasteiger partial charge in [0, 0.05) is 30.2 Å². The van der Waals surface area contributed by atoms with E-state index in [-0.39, 0.29) is 4.90 Å². The zero-order chi connectivity index (χ0) is 22.8. The fraction of sp³-hybridized carbons (Fsp3) is 0.136. The van der Waals surface area contributed by atoms with Crippen molar-refractivity contribution in [2.75, 3.05) is 17.9 Å². The Morgan fingerprint density at radius 2 is 1.79 bits per heavy atom. The highest BCUT2D eigenvalue weighted by Gasteiger charge is 2.19. The van der Waals surface area contributed by atoms with E-state index in [4.69, 9.17) is 14.2 Å². The predicted molar refractivity (Wildman–Crippen MR) is 119 cm³/mol. The minimum Gasteiger partial charge on any atom is -0.486 e. The molecule has 168 valence electrons. The third-order valence-corrected chi connectivity index (χ3v) is 6.07. The summed E-state index contributed by atoms with van der Waals surface area (Å²) in [4.78, 5) is 8.71. The van der Waals surface area contributed by atoms with Crippen LogP contribution in [0.3, 0.4) is 0 Å². The number of anilines is 1. The second-order valence-electron chi connectivity index (χ2n) is 7.10. The molecule has 0 unspecified atom stereocenters. The molecule has 0 amide bonds. The molecule has 0 radical (unpaired) electrons. The molecule has 10 nitrogen and oxygen atoms in total. The molecule has 0 atom stereocenters. The van der Waals surface area contributed by atoms with Gasteiger partial charge in [-0.05, 0) is 49.4 Å². The van der Waals surface area contributed by atoms with Crippen LogP contribution in [0.2, 0.25) is 0 Å². The minimum atomic E-state index is -3.81. The summed E-state index contributed by atoms with van der Waals surface area (Å²) in [5.41, 5.74) is 0.383. The van der Waals surface area contributed by atoms with Crippen LogP contribution in [-0.4, -0.2) is 41.4 Å². The molecule has 0 aliphatic carbocycles. The first kappa shape index (κ1) is 20.8. The van der Waals surface area contributed by atoms with Gasteiger partial charge in [-0.25, -0.2) is 18.1 Å². The molecular formula is C22H19N5O5S. The third kappa shape index (κ3) is 4.58. The van der Waals surface area contributed by atoms with Crippen molar-refractivity contribution in [3.63, 3.8) is 0 Å². The molecule has 0 bridgehead atoms. The van der Waals surface area contributed by atoms with Crippen LogP contribution in [0.4, 0.5) is 5.69 Å². The lowest BCUT2D eigenvalue weighted by Gasteiger charge is -2.19. The van der Waals surface area contributed by atoms with E-state index in [1.54, 1.807) is 66.5 Å². The van der Waals surface area contributed by atoms with E-state index in [1.807, 2.05) is 0 Å². The van der Waals surface area contributed by atoms with Gasteiger partial charge < -0.3 is 14.2 Å². The Labute approximate surface area is 189 Å². The van der Waals surface area contributed by atoms with E-state index in [0.29, 0.717) is 53.7 Å². The zero-order valence-electron chi connectivity index (χ0n) is 17.5. The van der Waals surface area contributed by atoms with Gasteiger partial charge in [0.2, 0.25) is 5.88 Å². The van der Waals surface area contributed by atoms with Crippen LogP contribution in [-0.2, 0) is 10.0 Å². The first-order chi connectivity index (χ1) is 16.0. The highest BCUT2D eigenvalue weighted by Crippen LogP contribution is 2.33. The quantitative estimate of drug-likeness (QED) is 0.461. The summed E-state index contributed by atoms with van der Waals surface area (Å²) in [6, 6.07) is 14.5. The van der Waals surface area contributed by atoms with Crippen molar-refractivity contribution < 1.29 is 22.6 Å². The standard InChI is InChI=1S/C22H19N5O5S/c1-15-24-21(27-10-2-9-23-27)14-22(25-15)32-17-5-3-16(4-6-17)26-33(28,29)18-7-8-19-20(13-18)31-12-11-30-19/h2-10,13-14,26H,11-12H2,1H3. The number of rotatable bonds is 6. The van der Waals surface area contributed by atoms with Crippen molar-refractivity contribution in [1.29, 1.82) is 0 Å². The summed E-state index contributed by atoms with van der Waals surface area (Å²) >= 11 is 0. The number of aromatic nitrogens is 4. The lowest BCUT2D eigenvalue weighted by Crippen LogP contribution is -2.17. The van der Waals surface area contributed by atoms with Crippen LogP contribution in [0.1, 0.15) is 5.82 Å². The molecule has 3 heterocycles. The smallest absolute Gasteiger partial charge is 0.262 e. The summed E-state index contributed by atoms with van der Waals surface area (Å²) in [7, 11) is -3.81. The number of nitrogens with one attached hydrogen (secondary N) is 1. The average molecular weight is 465 g/mol. The molecule has 33 heavy (non-hydrogen) atoms. The molecule has 1 aliphatic heterocycles. The van der Waals surface area contributed by atoms with Gasteiger partial charge in [-0.3, -0.25) is 4.72 Å². The van der Waals surface area contributed by atoms with E-state index < -0.39 is 10.0 Å². The molecule has 0 saturated carbocycles. The Hall–Kier alpha value is -4.12. The maximum absolute atomic E-state index is 12.8. The van der Waals surface area contributed by atoms with E-state index in [1.165, 1.54) is 12.1 Å². The van der Waals surface area contributed by atoms with Crippen LogP contribution in [0.5, 0.6) is 23.1 Å². The van der Waals surface area contributed by atoms with E-state index in [9.17, 15) is 8.42 Å². The largest absolute Gasteiger partial charge is 0.486 e. The number of fused-ring (bicyclic) bond motifs is 1. The number of nitrogens with zero attached hydrogens (tertiary/aromatic N) is 4. The normalized spacial score (nSPS) is 12.9. The Kier molecular flexibility index (Phi) is 5.31. The van der Waals surface area contributed by atoms with Crippen LogP contribution >= 0.6 is 0 Å². The van der Waals surface area contributed by atoms with Crippen molar-refractivity contribution in [2.24, 2.45) is 0 Å². The maximum atomic E-state index is 12.8. The summed E-state index contributed by atoms with van der Waals surface area (Å²) in [6.45, 7) is 2.57. The van der Waals surface area contributed by atoms with Gasteiger partial charge in [0.1, 0.15) is 24.8 Å². The first-order valence-corrected chi connectivity index (χ1v) is 11.5. The molecule has 1 aliphatic rings. The number of aryl methyl sites for hydroxylation is 1. The Bertz CT molecular complexity index is 1390. The van der Waals surface area contributed by atoms with Gasteiger partial charge >= 0.3 is 0 Å². The van der Waals surface area contributed by atoms with Gasteiger partial charge in [0.05, 0.1) is 4.90 Å². The van der Waals surface area contributed by atoms with E-state index in [2.05, 4.69) is 19.8 Å². The highest BCUT2D eigenvalue weighted by molar-refractivity contribution is 7.92. The molecular weight excluding hydrogens is 446 g/mol. The summed E-state index contributed by atoms with van der Waals surface area (Å²) in [6.07, 6.45) is 3.43. The van der Waals surface area contributed by atoms with Gasteiger partial charge in [0.25, 0.3) is 10.0 Å². The number of sulfonamides is 1. The number of ether oxygens (including phenoxy) is 3. The van der Waals surface area contributed by atoms with Crippen molar-refractivity contribution in [2.45, 2.75) is 11.8 Å². The lowest BCUT2D eigenvalue weighted by molar-refractivity contribution is 0.171. The van der Waals surface area contributed by atoms with E-state index >= 15 is 0 Å². The van der Waals surface area contributed by atoms with Crippen molar-refractivity contribution in [1.82, 2.24) is 19.7 Å². The number of benzene rings is 2.